The summed E-state index contributed by atoms with van der Waals surface area (Å²) in [4.78, 5) is 24.1. The van der Waals surface area contributed by atoms with Crippen LogP contribution in [0.15, 0.2) is 6.33 Å². The van der Waals surface area contributed by atoms with Crippen molar-refractivity contribution in [2.45, 2.75) is 63.9 Å². The van der Waals surface area contributed by atoms with E-state index in [1.807, 2.05) is 0 Å². The van der Waals surface area contributed by atoms with Crippen molar-refractivity contribution in [3.8, 4) is 5.88 Å². The maximum Gasteiger partial charge on any atom is 0.323 e. The standard InChI is InChI=1S/C18H29N6O8P/c1-8(2)31-15(26)9(3)23-33(28)30-6-10-12(25)18(4,27)16(32-10)24-7-20-11-13(24)21-17(19)22-14(11)29-5/h7-10,12,16,25,27,33H,6H2,1-5H3,(H,23,28)(H2,19,21,22)/t9-,10+,12+,16+,18+/m0/s1. The third-order valence-corrected chi connectivity index (χ3v) is 6.12. The SMILES string of the molecule is COc1nc(N)nc2c1ncn2[C@@H]1O[C@H](CO[PH](=O)N[C@@H](C)C(=O)OC(C)C)[C@@H](O)[C@@]1(C)O. The number of aliphatic hydroxyl groups excluding tert-OH is 1. The van der Waals surface area contributed by atoms with E-state index in [2.05, 4.69) is 20.0 Å². The summed E-state index contributed by atoms with van der Waals surface area (Å²) in [7, 11) is -1.48. The number of anilines is 1. The van der Waals surface area contributed by atoms with Crippen LogP contribution < -0.4 is 15.6 Å². The summed E-state index contributed by atoms with van der Waals surface area (Å²) in [6, 6.07) is -0.860. The first kappa shape index (κ1) is 25.3. The van der Waals surface area contributed by atoms with E-state index in [0.717, 1.165) is 0 Å². The van der Waals surface area contributed by atoms with Crippen LogP contribution in [-0.4, -0.2) is 79.4 Å². The molecule has 6 atom stereocenters. The van der Waals surface area contributed by atoms with Crippen LogP contribution in [-0.2, 0) is 23.4 Å². The Morgan fingerprint density at radius 2 is 2.12 bits per heavy atom. The Morgan fingerprint density at radius 3 is 2.76 bits per heavy atom. The fraction of sp³-hybridized carbons (Fsp3) is 0.667. The Kier molecular flexibility index (Phi) is 7.56. The molecule has 2 aromatic heterocycles. The predicted octanol–water partition coefficient (Wildman–Crippen LogP) is -0.238. The van der Waals surface area contributed by atoms with Gasteiger partial charge in [-0.05, 0) is 27.7 Å². The van der Waals surface area contributed by atoms with Crippen LogP contribution in [0.25, 0.3) is 11.2 Å². The number of aromatic nitrogens is 4. The summed E-state index contributed by atoms with van der Waals surface area (Å²) < 4.78 is 34.9. The van der Waals surface area contributed by atoms with Gasteiger partial charge in [0.2, 0.25) is 11.8 Å². The lowest BCUT2D eigenvalue weighted by Gasteiger charge is -2.27. The molecule has 33 heavy (non-hydrogen) atoms. The highest BCUT2D eigenvalue weighted by molar-refractivity contribution is 7.36. The van der Waals surface area contributed by atoms with Gasteiger partial charge >= 0.3 is 5.97 Å². The van der Waals surface area contributed by atoms with E-state index < -0.39 is 44.2 Å². The Morgan fingerprint density at radius 1 is 1.42 bits per heavy atom. The van der Waals surface area contributed by atoms with Crippen LogP contribution in [0.1, 0.15) is 33.9 Å². The van der Waals surface area contributed by atoms with E-state index in [9.17, 15) is 19.6 Å². The second-order valence-electron chi connectivity index (χ2n) is 8.06. The summed E-state index contributed by atoms with van der Waals surface area (Å²) in [6.45, 7) is 5.94. The molecule has 184 valence electrons. The number of ether oxygens (including phenoxy) is 3. The Labute approximate surface area is 190 Å². The molecule has 0 radical (unpaired) electrons. The zero-order chi connectivity index (χ0) is 24.5. The van der Waals surface area contributed by atoms with Gasteiger partial charge in [-0.1, -0.05) is 0 Å². The number of nitrogen functional groups attached to an aromatic ring is 1. The number of aliphatic hydroxyl groups is 2. The number of carbonyl (C=O) groups is 1. The number of imidazole rings is 1. The summed E-state index contributed by atoms with van der Waals surface area (Å²) >= 11 is 0. The molecule has 15 heteroatoms. The number of esters is 1. The number of nitrogens with zero attached hydrogens (tertiary/aromatic N) is 4. The van der Waals surface area contributed by atoms with Gasteiger partial charge in [0, 0.05) is 0 Å². The van der Waals surface area contributed by atoms with Crippen LogP contribution in [0, 0.1) is 0 Å². The molecule has 1 saturated heterocycles. The monoisotopic (exact) mass is 488 g/mol. The minimum atomic E-state index is -2.88. The Hall–Kier alpha value is -2.35. The molecule has 0 aliphatic carbocycles. The molecule has 1 fully saturated rings. The molecule has 3 heterocycles. The van der Waals surface area contributed by atoms with Gasteiger partial charge in [0.1, 0.15) is 23.9 Å². The average Bonchev–Trinajstić information content (AvgIpc) is 3.24. The number of carbonyl (C=O) groups excluding carboxylic acids is 1. The van der Waals surface area contributed by atoms with Crippen molar-refractivity contribution >= 4 is 31.3 Å². The van der Waals surface area contributed by atoms with Crippen molar-refractivity contribution in [1.82, 2.24) is 24.6 Å². The number of hydrogen-bond acceptors (Lipinski definition) is 12. The first-order chi connectivity index (χ1) is 15.4. The van der Waals surface area contributed by atoms with E-state index in [1.54, 1.807) is 13.8 Å². The van der Waals surface area contributed by atoms with Gasteiger partial charge in [-0.2, -0.15) is 9.97 Å². The number of rotatable bonds is 9. The topological polar surface area (TPSA) is 193 Å². The molecule has 1 unspecified atom stereocenters. The normalized spacial score (nSPS) is 27.1. The zero-order valence-corrected chi connectivity index (χ0v) is 19.9. The fourth-order valence-electron chi connectivity index (χ4n) is 3.37. The second kappa shape index (κ2) is 9.87. The first-order valence-electron chi connectivity index (χ1n) is 10.2. The second-order valence-corrected chi connectivity index (χ2v) is 9.22. The molecule has 5 N–H and O–H groups in total. The molecule has 1 aliphatic rings. The van der Waals surface area contributed by atoms with Crippen molar-refractivity contribution in [2.75, 3.05) is 19.5 Å². The fourth-order valence-corrected chi connectivity index (χ4v) is 4.24. The lowest BCUT2D eigenvalue weighted by atomic mass is 9.96. The third kappa shape index (κ3) is 5.26. The molecule has 2 aromatic rings. The predicted molar refractivity (Wildman–Crippen MR) is 116 cm³/mol. The van der Waals surface area contributed by atoms with Crippen molar-refractivity contribution in [3.05, 3.63) is 6.33 Å². The molecule has 14 nitrogen and oxygen atoms in total. The third-order valence-electron chi connectivity index (χ3n) is 5.03. The molecule has 0 spiro atoms. The van der Waals surface area contributed by atoms with Gasteiger partial charge in [0.25, 0.3) is 8.18 Å². The van der Waals surface area contributed by atoms with E-state index in [0.29, 0.717) is 0 Å². The summed E-state index contributed by atoms with van der Waals surface area (Å²) in [6.07, 6.45) is -2.54. The van der Waals surface area contributed by atoms with Gasteiger partial charge in [-0.25, -0.2) is 10.1 Å². The van der Waals surface area contributed by atoms with Crippen LogP contribution >= 0.6 is 8.18 Å². The smallest absolute Gasteiger partial charge is 0.323 e. The van der Waals surface area contributed by atoms with Gasteiger partial charge in [0.05, 0.1) is 26.1 Å². The minimum Gasteiger partial charge on any atom is -0.479 e. The highest BCUT2D eigenvalue weighted by Gasteiger charge is 2.53. The summed E-state index contributed by atoms with van der Waals surface area (Å²) in [5, 5.41) is 24.1. The van der Waals surface area contributed by atoms with Crippen LogP contribution in [0.5, 0.6) is 5.88 Å². The lowest BCUT2D eigenvalue weighted by molar-refractivity contribution is -0.149. The Balaban J connectivity index is 1.70. The van der Waals surface area contributed by atoms with Crippen LogP contribution in [0.2, 0.25) is 0 Å². The number of fused-ring (bicyclic) bond motifs is 1. The molecule has 3 rings (SSSR count). The van der Waals surface area contributed by atoms with Crippen molar-refractivity contribution in [2.24, 2.45) is 0 Å². The maximum absolute atomic E-state index is 12.2. The van der Waals surface area contributed by atoms with Gasteiger partial charge < -0.3 is 34.7 Å². The van der Waals surface area contributed by atoms with E-state index in [-0.39, 0.29) is 35.7 Å². The van der Waals surface area contributed by atoms with Gasteiger partial charge in [-0.15, -0.1) is 0 Å². The number of nitrogens with two attached hydrogens (primary N) is 1. The molecule has 0 amide bonds. The molecular weight excluding hydrogens is 459 g/mol. The Bertz CT molecular complexity index is 1030. The largest absolute Gasteiger partial charge is 0.479 e. The average molecular weight is 488 g/mol. The maximum atomic E-state index is 12.2. The van der Waals surface area contributed by atoms with E-state index in [4.69, 9.17) is 24.5 Å². The highest BCUT2D eigenvalue weighted by Crippen LogP contribution is 2.40. The zero-order valence-electron chi connectivity index (χ0n) is 18.9. The molecule has 1 aliphatic heterocycles. The van der Waals surface area contributed by atoms with Crippen LogP contribution in [0.3, 0.4) is 0 Å². The van der Waals surface area contributed by atoms with Crippen molar-refractivity contribution in [3.63, 3.8) is 0 Å². The summed E-state index contributed by atoms with van der Waals surface area (Å²) in [5.74, 6) is -0.506. The van der Waals surface area contributed by atoms with Crippen LogP contribution in [0.4, 0.5) is 5.95 Å². The summed E-state index contributed by atoms with van der Waals surface area (Å²) in [5.41, 5.74) is 4.46. The molecule has 0 saturated carbocycles. The molecule has 0 bridgehead atoms. The van der Waals surface area contributed by atoms with Crippen molar-refractivity contribution in [1.29, 1.82) is 0 Å². The minimum absolute atomic E-state index is 0.0750. The van der Waals surface area contributed by atoms with E-state index in [1.165, 1.54) is 31.9 Å². The number of methoxy groups -OCH3 is 1. The lowest BCUT2D eigenvalue weighted by Crippen LogP contribution is -2.44. The molecular formula is C18H29N6O8P. The highest BCUT2D eigenvalue weighted by atomic mass is 31.1. The van der Waals surface area contributed by atoms with Crippen molar-refractivity contribution < 1.29 is 38.3 Å². The van der Waals surface area contributed by atoms with Gasteiger partial charge in [-0.3, -0.25) is 13.9 Å². The van der Waals surface area contributed by atoms with Gasteiger partial charge in [0.15, 0.2) is 17.4 Å². The van der Waals surface area contributed by atoms with E-state index >= 15 is 0 Å². The molecule has 0 aromatic carbocycles. The number of hydrogen-bond donors (Lipinski definition) is 4. The quantitative estimate of drug-likeness (QED) is 0.267. The number of nitrogens with one attached hydrogen (secondary N) is 1. The first-order valence-corrected chi connectivity index (χ1v) is 11.5.